The van der Waals surface area contributed by atoms with E-state index in [1.54, 1.807) is 0 Å². The maximum atomic E-state index is 12.2. The Morgan fingerprint density at radius 3 is 2.65 bits per heavy atom. The van der Waals surface area contributed by atoms with Gasteiger partial charge >= 0.3 is 0 Å². The van der Waals surface area contributed by atoms with Crippen LogP contribution in [-0.4, -0.2) is 10.6 Å². The van der Waals surface area contributed by atoms with Gasteiger partial charge in [-0.2, -0.15) is 0 Å². The summed E-state index contributed by atoms with van der Waals surface area (Å²) in [5, 5.41) is 0. The molecule has 1 saturated carbocycles. The van der Waals surface area contributed by atoms with Gasteiger partial charge in [0.25, 0.3) is 0 Å². The van der Waals surface area contributed by atoms with Gasteiger partial charge in [0.2, 0.25) is 0 Å². The summed E-state index contributed by atoms with van der Waals surface area (Å²) in [6, 6.07) is 0. The second-order valence-corrected chi connectivity index (χ2v) is 7.58. The predicted molar refractivity (Wildman–Crippen MR) is 75.3 cm³/mol. The van der Waals surface area contributed by atoms with Gasteiger partial charge in [0.15, 0.2) is 0 Å². The molecule has 0 radical (unpaired) electrons. The van der Waals surface area contributed by atoms with Gasteiger partial charge in [-0.3, -0.25) is 4.79 Å². The Morgan fingerprint density at radius 1 is 1.41 bits per heavy atom. The normalized spacial score (nSPS) is 41.5. The molecule has 96 valence electrons. The minimum Gasteiger partial charge on any atom is -0.299 e. The predicted octanol–water partition coefficient (Wildman–Crippen LogP) is 4.50. The largest absolute Gasteiger partial charge is 0.299 e. The Hall–Kier alpha value is -0.110. The van der Waals surface area contributed by atoms with Crippen molar-refractivity contribution in [2.75, 3.05) is 0 Å². The Balaban J connectivity index is 2.43. The molecular formula is C15H23BrO. The Kier molecular flexibility index (Phi) is 3.31. The monoisotopic (exact) mass is 298 g/mol. The van der Waals surface area contributed by atoms with Crippen molar-refractivity contribution >= 4 is 21.7 Å². The van der Waals surface area contributed by atoms with Crippen molar-refractivity contribution in [3.8, 4) is 0 Å². The number of halogens is 1. The molecule has 3 atom stereocenters. The smallest absolute Gasteiger partial charge is 0.136 e. The minimum absolute atomic E-state index is 0.100. The lowest BCUT2D eigenvalue weighted by atomic mass is 9.51. The molecule has 0 amide bonds. The molecule has 0 saturated heterocycles. The number of alkyl halides is 1. The van der Waals surface area contributed by atoms with E-state index in [4.69, 9.17) is 0 Å². The van der Waals surface area contributed by atoms with Crippen molar-refractivity contribution in [1.29, 1.82) is 0 Å². The number of ketones is 1. The molecule has 0 heterocycles. The van der Waals surface area contributed by atoms with Crippen molar-refractivity contribution in [2.45, 2.75) is 58.2 Å². The average molecular weight is 299 g/mol. The standard InChI is InChI=1S/C15H23BrO/c1-10-7-8-15(9-12(10)17)11(2)5-6-13(16)14(15,3)4/h5,10,13H,6-9H2,1-4H3. The second-order valence-electron chi connectivity index (χ2n) is 6.48. The van der Waals surface area contributed by atoms with Crippen molar-refractivity contribution in [3.63, 3.8) is 0 Å². The second kappa shape index (κ2) is 4.22. The summed E-state index contributed by atoms with van der Waals surface area (Å²) in [6.07, 6.45) is 6.38. The van der Waals surface area contributed by atoms with E-state index in [2.05, 4.69) is 49.7 Å². The summed E-state index contributed by atoms with van der Waals surface area (Å²) in [7, 11) is 0. The van der Waals surface area contributed by atoms with Gasteiger partial charge in [0, 0.05) is 22.6 Å². The third-order valence-electron chi connectivity index (χ3n) is 5.43. The molecule has 2 aliphatic carbocycles. The van der Waals surface area contributed by atoms with Crippen LogP contribution < -0.4 is 0 Å². The van der Waals surface area contributed by atoms with E-state index in [1.807, 2.05) is 0 Å². The molecule has 2 heteroatoms. The molecule has 1 spiro atoms. The van der Waals surface area contributed by atoms with E-state index < -0.39 is 0 Å². The first-order valence-electron chi connectivity index (χ1n) is 6.65. The molecule has 0 bridgehead atoms. The van der Waals surface area contributed by atoms with E-state index >= 15 is 0 Å². The number of carbonyl (C=O) groups is 1. The number of Topliss-reactive ketones (excluding diaryl/α,β-unsaturated/α-hetero) is 1. The van der Waals surface area contributed by atoms with Crippen LogP contribution in [0.25, 0.3) is 0 Å². The highest BCUT2D eigenvalue weighted by molar-refractivity contribution is 9.09. The van der Waals surface area contributed by atoms with Crippen LogP contribution in [-0.2, 0) is 4.79 Å². The molecule has 17 heavy (non-hydrogen) atoms. The van der Waals surface area contributed by atoms with Gasteiger partial charge in [0.1, 0.15) is 5.78 Å². The third kappa shape index (κ3) is 1.83. The van der Waals surface area contributed by atoms with Crippen LogP contribution in [0.15, 0.2) is 11.6 Å². The molecule has 0 aromatic rings. The summed E-state index contributed by atoms with van der Waals surface area (Å²) in [5.41, 5.74) is 1.71. The highest BCUT2D eigenvalue weighted by Crippen LogP contribution is 2.60. The molecule has 1 nitrogen and oxygen atoms in total. The Labute approximate surface area is 113 Å². The van der Waals surface area contributed by atoms with Crippen LogP contribution >= 0.6 is 15.9 Å². The number of hydrogen-bond acceptors (Lipinski definition) is 1. The minimum atomic E-state index is 0.100. The van der Waals surface area contributed by atoms with Crippen molar-refractivity contribution in [3.05, 3.63) is 11.6 Å². The highest BCUT2D eigenvalue weighted by Gasteiger charge is 2.54. The fourth-order valence-corrected chi connectivity index (χ4v) is 4.27. The molecular weight excluding hydrogens is 276 g/mol. The van der Waals surface area contributed by atoms with E-state index in [-0.39, 0.29) is 16.7 Å². The Bertz CT molecular complexity index is 369. The number of carbonyl (C=O) groups excluding carboxylic acids is 1. The molecule has 0 aromatic carbocycles. The van der Waals surface area contributed by atoms with Crippen LogP contribution in [0.2, 0.25) is 0 Å². The zero-order valence-electron chi connectivity index (χ0n) is 11.3. The zero-order chi connectivity index (χ0) is 12.8. The van der Waals surface area contributed by atoms with Gasteiger partial charge in [-0.15, -0.1) is 0 Å². The first kappa shape index (κ1) is 13.3. The van der Waals surface area contributed by atoms with Crippen molar-refractivity contribution in [1.82, 2.24) is 0 Å². The quantitative estimate of drug-likeness (QED) is 0.475. The van der Waals surface area contributed by atoms with Crippen LogP contribution in [0, 0.1) is 16.7 Å². The topological polar surface area (TPSA) is 17.1 Å². The van der Waals surface area contributed by atoms with Gasteiger partial charge < -0.3 is 0 Å². The third-order valence-corrected chi connectivity index (χ3v) is 6.95. The molecule has 3 unspecified atom stereocenters. The maximum absolute atomic E-state index is 12.2. The fraction of sp³-hybridized carbons (Fsp3) is 0.800. The van der Waals surface area contributed by atoms with Gasteiger partial charge in [-0.05, 0) is 31.6 Å². The number of rotatable bonds is 0. The molecule has 0 N–H and O–H groups in total. The van der Waals surface area contributed by atoms with E-state index in [0.29, 0.717) is 10.6 Å². The average Bonchev–Trinajstić information content (AvgIpc) is 2.27. The molecule has 0 aromatic heterocycles. The molecule has 1 fully saturated rings. The highest BCUT2D eigenvalue weighted by atomic mass is 79.9. The summed E-state index contributed by atoms with van der Waals surface area (Å²) < 4.78 is 0. The summed E-state index contributed by atoms with van der Waals surface area (Å²) in [4.78, 5) is 12.7. The maximum Gasteiger partial charge on any atom is 0.136 e. The van der Waals surface area contributed by atoms with E-state index in [0.717, 1.165) is 25.7 Å². The first-order chi connectivity index (χ1) is 7.81. The van der Waals surface area contributed by atoms with Crippen LogP contribution in [0.1, 0.15) is 53.4 Å². The molecule has 2 aliphatic rings. The van der Waals surface area contributed by atoms with E-state index in [1.165, 1.54) is 5.57 Å². The zero-order valence-corrected chi connectivity index (χ0v) is 12.9. The van der Waals surface area contributed by atoms with Crippen LogP contribution in [0.5, 0.6) is 0 Å². The van der Waals surface area contributed by atoms with Crippen molar-refractivity contribution < 1.29 is 4.79 Å². The Morgan fingerprint density at radius 2 is 2.06 bits per heavy atom. The van der Waals surface area contributed by atoms with Crippen LogP contribution in [0.4, 0.5) is 0 Å². The molecule has 0 aliphatic heterocycles. The van der Waals surface area contributed by atoms with Gasteiger partial charge in [-0.1, -0.05) is 48.4 Å². The van der Waals surface area contributed by atoms with Gasteiger partial charge in [0.05, 0.1) is 0 Å². The lowest BCUT2D eigenvalue weighted by Gasteiger charge is -2.55. The van der Waals surface area contributed by atoms with E-state index in [9.17, 15) is 4.79 Å². The summed E-state index contributed by atoms with van der Waals surface area (Å²) in [6.45, 7) is 8.96. The number of allylic oxidation sites excluding steroid dienone is 2. The lowest BCUT2D eigenvalue weighted by Crippen LogP contribution is -2.50. The number of hydrogen-bond donors (Lipinski definition) is 0. The summed E-state index contributed by atoms with van der Waals surface area (Å²) >= 11 is 3.83. The summed E-state index contributed by atoms with van der Waals surface area (Å²) in [5.74, 6) is 0.721. The first-order valence-corrected chi connectivity index (χ1v) is 7.57. The van der Waals surface area contributed by atoms with Gasteiger partial charge in [-0.25, -0.2) is 0 Å². The van der Waals surface area contributed by atoms with Crippen LogP contribution in [0.3, 0.4) is 0 Å². The fourth-order valence-electron chi connectivity index (χ4n) is 3.65. The van der Waals surface area contributed by atoms with Crippen molar-refractivity contribution in [2.24, 2.45) is 16.7 Å². The lowest BCUT2D eigenvalue weighted by molar-refractivity contribution is -0.130. The SMILES string of the molecule is CC1=CCC(Br)C(C)(C)C12CCC(C)C(=O)C2. The molecule has 2 rings (SSSR count).